The van der Waals surface area contributed by atoms with Crippen LogP contribution in [0.1, 0.15) is 18.9 Å². The maximum absolute atomic E-state index is 12.0. The third kappa shape index (κ3) is 4.47. The first kappa shape index (κ1) is 15.9. The summed E-state index contributed by atoms with van der Waals surface area (Å²) in [5.74, 6) is 0. The number of nitrogens with zero attached hydrogens (tertiary/aromatic N) is 1. The lowest BCUT2D eigenvalue weighted by Crippen LogP contribution is -2.18. The van der Waals surface area contributed by atoms with Gasteiger partial charge in [0.1, 0.15) is 0 Å². The van der Waals surface area contributed by atoms with Crippen LogP contribution in [0.3, 0.4) is 0 Å². The number of fused-ring (bicyclic) bond motifs is 1. The Morgan fingerprint density at radius 3 is 2.76 bits per heavy atom. The van der Waals surface area contributed by atoms with Gasteiger partial charge < -0.3 is 9.88 Å². The molecule has 0 spiro atoms. The van der Waals surface area contributed by atoms with E-state index < -0.39 is 6.36 Å². The third-order valence-corrected chi connectivity index (χ3v) is 3.21. The Bertz CT molecular complexity index is 578. The summed E-state index contributed by atoms with van der Waals surface area (Å²) >= 11 is 0. The van der Waals surface area contributed by atoms with Crippen molar-refractivity contribution in [3.05, 3.63) is 36.0 Å². The van der Waals surface area contributed by atoms with Crippen molar-refractivity contribution in [1.82, 2.24) is 9.88 Å². The molecule has 1 aromatic carbocycles. The molecule has 0 saturated heterocycles. The summed E-state index contributed by atoms with van der Waals surface area (Å²) in [5.41, 5.74) is 2.05. The SMILES string of the molecule is CCCNCc1cccc2ccn(CCOC(F)(F)F)c12. The van der Waals surface area contributed by atoms with Crippen molar-refractivity contribution in [2.45, 2.75) is 32.8 Å². The Hall–Kier alpha value is -1.53. The highest BCUT2D eigenvalue weighted by Gasteiger charge is 2.28. The van der Waals surface area contributed by atoms with Gasteiger partial charge in [0, 0.05) is 19.3 Å². The minimum absolute atomic E-state index is 0.174. The van der Waals surface area contributed by atoms with Crippen LogP contribution < -0.4 is 5.32 Å². The van der Waals surface area contributed by atoms with Crippen molar-refractivity contribution in [2.24, 2.45) is 0 Å². The van der Waals surface area contributed by atoms with Gasteiger partial charge in [-0.1, -0.05) is 25.1 Å². The van der Waals surface area contributed by atoms with Gasteiger partial charge in [0.05, 0.1) is 12.1 Å². The van der Waals surface area contributed by atoms with Crippen LogP contribution in [0.25, 0.3) is 10.9 Å². The highest BCUT2D eigenvalue weighted by atomic mass is 19.4. The lowest BCUT2D eigenvalue weighted by atomic mass is 10.1. The fraction of sp³-hybridized carbons (Fsp3) is 0.467. The van der Waals surface area contributed by atoms with E-state index in [0.717, 1.165) is 29.4 Å². The quantitative estimate of drug-likeness (QED) is 0.790. The Morgan fingerprint density at radius 2 is 2.05 bits per heavy atom. The number of aromatic nitrogens is 1. The highest BCUT2D eigenvalue weighted by molar-refractivity contribution is 5.83. The Kier molecular flexibility index (Phi) is 5.25. The molecular weight excluding hydrogens is 281 g/mol. The van der Waals surface area contributed by atoms with Crippen LogP contribution in [0, 0.1) is 0 Å². The Balaban J connectivity index is 2.12. The second-order valence-electron chi connectivity index (χ2n) is 4.84. The molecule has 21 heavy (non-hydrogen) atoms. The molecule has 1 heterocycles. The van der Waals surface area contributed by atoms with Gasteiger partial charge in [0.15, 0.2) is 0 Å². The van der Waals surface area contributed by atoms with E-state index in [2.05, 4.69) is 17.0 Å². The first-order valence-corrected chi connectivity index (χ1v) is 6.99. The molecule has 0 aliphatic rings. The lowest BCUT2D eigenvalue weighted by molar-refractivity contribution is -0.325. The van der Waals surface area contributed by atoms with Crippen LogP contribution in [0.5, 0.6) is 0 Å². The van der Waals surface area contributed by atoms with E-state index in [1.165, 1.54) is 0 Å². The zero-order valence-corrected chi connectivity index (χ0v) is 11.9. The van der Waals surface area contributed by atoms with Crippen LogP contribution in [0.15, 0.2) is 30.5 Å². The number of rotatable bonds is 7. The molecule has 0 aliphatic heterocycles. The second kappa shape index (κ2) is 6.95. The molecule has 2 aromatic rings. The fourth-order valence-electron chi connectivity index (χ4n) is 2.33. The Morgan fingerprint density at radius 1 is 1.24 bits per heavy atom. The van der Waals surface area contributed by atoms with Gasteiger partial charge >= 0.3 is 6.36 Å². The number of hydrogen-bond donors (Lipinski definition) is 1. The van der Waals surface area contributed by atoms with Gasteiger partial charge in [-0.3, -0.25) is 4.74 Å². The number of ether oxygens (including phenoxy) is 1. The Labute approximate surface area is 121 Å². The monoisotopic (exact) mass is 300 g/mol. The van der Waals surface area contributed by atoms with E-state index >= 15 is 0 Å². The van der Waals surface area contributed by atoms with Gasteiger partial charge in [-0.05, 0) is 30.0 Å². The zero-order valence-electron chi connectivity index (χ0n) is 11.9. The van der Waals surface area contributed by atoms with Gasteiger partial charge in [0.2, 0.25) is 0 Å². The number of nitrogens with one attached hydrogen (secondary N) is 1. The van der Waals surface area contributed by atoms with E-state index in [0.29, 0.717) is 6.54 Å². The summed E-state index contributed by atoms with van der Waals surface area (Å²) in [6.45, 7) is 3.49. The minimum atomic E-state index is -4.57. The van der Waals surface area contributed by atoms with Crippen molar-refractivity contribution in [3.63, 3.8) is 0 Å². The molecule has 0 fully saturated rings. The molecule has 1 aromatic heterocycles. The van der Waals surface area contributed by atoms with E-state index in [9.17, 15) is 13.2 Å². The third-order valence-electron chi connectivity index (χ3n) is 3.21. The molecular formula is C15H19F3N2O. The molecule has 116 valence electrons. The van der Waals surface area contributed by atoms with Gasteiger partial charge in [-0.25, -0.2) is 0 Å². The summed E-state index contributed by atoms with van der Waals surface area (Å²) in [6.07, 6.45) is -1.74. The van der Waals surface area contributed by atoms with Crippen molar-refractivity contribution in [3.8, 4) is 0 Å². The zero-order chi connectivity index (χ0) is 15.3. The summed E-state index contributed by atoms with van der Waals surface area (Å²) in [7, 11) is 0. The van der Waals surface area contributed by atoms with Crippen LogP contribution in [0.2, 0.25) is 0 Å². The summed E-state index contributed by atoms with van der Waals surface area (Å²) in [4.78, 5) is 0. The maximum Gasteiger partial charge on any atom is 0.522 e. The predicted molar refractivity (Wildman–Crippen MR) is 75.9 cm³/mol. The molecule has 2 rings (SSSR count). The molecule has 6 heteroatoms. The van der Waals surface area contributed by atoms with Crippen molar-refractivity contribution in [1.29, 1.82) is 0 Å². The van der Waals surface area contributed by atoms with Crippen molar-refractivity contribution in [2.75, 3.05) is 13.2 Å². The van der Waals surface area contributed by atoms with E-state index in [-0.39, 0.29) is 13.2 Å². The molecule has 1 N–H and O–H groups in total. The van der Waals surface area contributed by atoms with Crippen LogP contribution in [-0.4, -0.2) is 24.1 Å². The van der Waals surface area contributed by atoms with Gasteiger partial charge in [-0.2, -0.15) is 0 Å². The van der Waals surface area contributed by atoms with E-state index in [1.54, 1.807) is 6.20 Å². The molecule has 3 nitrogen and oxygen atoms in total. The maximum atomic E-state index is 12.0. The molecule has 0 amide bonds. The van der Waals surface area contributed by atoms with Gasteiger partial charge in [0.25, 0.3) is 0 Å². The normalized spacial score (nSPS) is 12.2. The van der Waals surface area contributed by atoms with Crippen LogP contribution in [-0.2, 0) is 17.8 Å². The fourth-order valence-corrected chi connectivity index (χ4v) is 2.33. The van der Waals surface area contributed by atoms with Crippen LogP contribution in [0.4, 0.5) is 13.2 Å². The number of para-hydroxylation sites is 1. The van der Waals surface area contributed by atoms with Gasteiger partial charge in [-0.15, -0.1) is 13.2 Å². The topological polar surface area (TPSA) is 26.2 Å². The van der Waals surface area contributed by atoms with Crippen molar-refractivity contribution >= 4 is 10.9 Å². The smallest absolute Gasteiger partial charge is 0.345 e. The van der Waals surface area contributed by atoms with Crippen molar-refractivity contribution < 1.29 is 17.9 Å². The molecule has 0 atom stereocenters. The highest BCUT2D eigenvalue weighted by Crippen LogP contribution is 2.21. The largest absolute Gasteiger partial charge is 0.522 e. The number of alkyl halides is 3. The van der Waals surface area contributed by atoms with Crippen LogP contribution >= 0.6 is 0 Å². The number of halogens is 3. The molecule has 0 radical (unpaired) electrons. The predicted octanol–water partition coefficient (Wildman–Crippen LogP) is 3.68. The second-order valence-corrected chi connectivity index (χ2v) is 4.84. The van der Waals surface area contributed by atoms with E-state index in [4.69, 9.17) is 0 Å². The summed E-state index contributed by atoms with van der Waals surface area (Å²) < 4.78 is 41.8. The van der Waals surface area contributed by atoms with E-state index in [1.807, 2.05) is 28.8 Å². The molecule has 0 aliphatic carbocycles. The number of hydrogen-bond acceptors (Lipinski definition) is 2. The first-order chi connectivity index (χ1) is 10.0. The average molecular weight is 300 g/mol. The summed E-state index contributed by atoms with van der Waals surface area (Å²) in [6, 6.07) is 7.82. The number of benzene rings is 1. The lowest BCUT2D eigenvalue weighted by Gasteiger charge is -2.12. The molecule has 0 unspecified atom stereocenters. The average Bonchev–Trinajstić information content (AvgIpc) is 2.82. The first-order valence-electron chi connectivity index (χ1n) is 6.99. The molecule has 0 saturated carbocycles. The molecule has 0 bridgehead atoms. The minimum Gasteiger partial charge on any atom is -0.345 e. The summed E-state index contributed by atoms with van der Waals surface area (Å²) in [5, 5.41) is 4.34. The standard InChI is InChI=1S/C15H19F3N2O/c1-2-7-19-11-13-5-3-4-12-6-8-20(14(12)13)9-10-21-15(16,17)18/h3-6,8,19H,2,7,9-11H2,1H3.